The molecule has 1 N–H and O–H groups in total. The Kier molecular flexibility index (Phi) is 7.82. The topological polar surface area (TPSA) is 64.6 Å². The van der Waals surface area contributed by atoms with Gasteiger partial charge in [-0.1, -0.05) is 29.8 Å². The van der Waals surface area contributed by atoms with Crippen LogP contribution in [-0.4, -0.2) is 32.1 Å². The van der Waals surface area contributed by atoms with E-state index in [1.807, 2.05) is 24.3 Å². The summed E-state index contributed by atoms with van der Waals surface area (Å²) in [4.78, 5) is 23.3. The van der Waals surface area contributed by atoms with E-state index in [1.165, 1.54) is 24.3 Å². The summed E-state index contributed by atoms with van der Waals surface area (Å²) in [5, 5.41) is 2.63. The first-order chi connectivity index (χ1) is 13.0. The SMILES string of the molecule is COc1ccc(CCNC(=O)COC(=O)/C=C/c2ccc(F)c(Cl)c2)cc1. The molecule has 0 bridgehead atoms. The van der Waals surface area contributed by atoms with Gasteiger partial charge in [0.25, 0.3) is 5.91 Å². The van der Waals surface area contributed by atoms with Crippen molar-refractivity contribution in [2.75, 3.05) is 20.3 Å². The molecule has 0 aliphatic heterocycles. The molecule has 27 heavy (non-hydrogen) atoms. The number of benzene rings is 2. The molecule has 5 nitrogen and oxygen atoms in total. The number of carbonyl (C=O) groups is 2. The first-order valence-corrected chi connectivity index (χ1v) is 8.55. The van der Waals surface area contributed by atoms with Gasteiger partial charge in [-0.15, -0.1) is 0 Å². The molecule has 0 aromatic heterocycles. The lowest BCUT2D eigenvalue weighted by Gasteiger charge is -2.06. The highest BCUT2D eigenvalue weighted by Gasteiger charge is 2.05. The van der Waals surface area contributed by atoms with Gasteiger partial charge in [-0.2, -0.15) is 0 Å². The maximum absolute atomic E-state index is 13.1. The molecule has 142 valence electrons. The van der Waals surface area contributed by atoms with Crippen LogP contribution >= 0.6 is 11.6 Å². The molecule has 0 aliphatic carbocycles. The standard InChI is InChI=1S/C20H19ClFNO4/c1-26-16-6-2-14(3-7-16)10-11-23-19(24)13-27-20(25)9-5-15-4-8-18(22)17(21)12-15/h2-9,12H,10-11,13H2,1H3,(H,23,24)/b9-5+. The quantitative estimate of drug-likeness (QED) is 0.553. The smallest absolute Gasteiger partial charge is 0.331 e. The van der Waals surface area contributed by atoms with Crippen LogP contribution in [-0.2, 0) is 20.7 Å². The summed E-state index contributed by atoms with van der Waals surface area (Å²) in [6.45, 7) is 0.0442. The summed E-state index contributed by atoms with van der Waals surface area (Å²) in [6, 6.07) is 11.6. The number of halogens is 2. The highest BCUT2D eigenvalue weighted by molar-refractivity contribution is 6.30. The van der Waals surface area contributed by atoms with Crippen LogP contribution in [0.4, 0.5) is 4.39 Å². The van der Waals surface area contributed by atoms with Crippen molar-refractivity contribution in [2.45, 2.75) is 6.42 Å². The molecule has 2 rings (SSSR count). The van der Waals surface area contributed by atoms with Gasteiger partial charge in [0.2, 0.25) is 0 Å². The minimum Gasteiger partial charge on any atom is -0.497 e. The lowest BCUT2D eigenvalue weighted by atomic mass is 10.1. The van der Waals surface area contributed by atoms with Crippen molar-refractivity contribution in [1.29, 1.82) is 0 Å². The predicted molar refractivity (Wildman–Crippen MR) is 101 cm³/mol. The molecule has 0 radical (unpaired) electrons. The highest BCUT2D eigenvalue weighted by atomic mass is 35.5. The van der Waals surface area contributed by atoms with Gasteiger partial charge < -0.3 is 14.8 Å². The molecular formula is C20H19ClFNO4. The summed E-state index contributed by atoms with van der Waals surface area (Å²) in [7, 11) is 1.60. The van der Waals surface area contributed by atoms with Gasteiger partial charge in [-0.3, -0.25) is 4.79 Å². The van der Waals surface area contributed by atoms with Gasteiger partial charge in [0.05, 0.1) is 12.1 Å². The van der Waals surface area contributed by atoms with E-state index in [0.717, 1.165) is 17.4 Å². The molecule has 0 unspecified atom stereocenters. The molecule has 0 heterocycles. The summed E-state index contributed by atoms with van der Waals surface area (Å²) >= 11 is 5.66. The van der Waals surface area contributed by atoms with Gasteiger partial charge >= 0.3 is 5.97 Å². The lowest BCUT2D eigenvalue weighted by Crippen LogP contribution is -2.30. The maximum atomic E-state index is 13.1. The van der Waals surface area contributed by atoms with Gasteiger partial charge in [-0.05, 0) is 47.9 Å². The molecule has 0 fully saturated rings. The molecule has 2 aromatic carbocycles. The van der Waals surface area contributed by atoms with Gasteiger partial charge in [-0.25, -0.2) is 9.18 Å². The van der Waals surface area contributed by atoms with Crippen LogP contribution in [0.1, 0.15) is 11.1 Å². The highest BCUT2D eigenvalue weighted by Crippen LogP contribution is 2.16. The van der Waals surface area contributed by atoms with Gasteiger partial charge in [0.1, 0.15) is 11.6 Å². The van der Waals surface area contributed by atoms with Crippen LogP contribution in [0.5, 0.6) is 5.75 Å². The van der Waals surface area contributed by atoms with Crippen molar-refractivity contribution in [3.63, 3.8) is 0 Å². The third kappa shape index (κ3) is 7.11. The second-order valence-corrected chi connectivity index (χ2v) is 5.97. The Bertz CT molecular complexity index is 821. The molecule has 0 spiro atoms. The number of hydrogen-bond acceptors (Lipinski definition) is 4. The summed E-state index contributed by atoms with van der Waals surface area (Å²) in [6.07, 6.45) is 3.22. The van der Waals surface area contributed by atoms with E-state index < -0.39 is 17.7 Å². The Morgan fingerprint density at radius 1 is 1.19 bits per heavy atom. The van der Waals surface area contributed by atoms with Crippen molar-refractivity contribution in [3.05, 3.63) is 70.5 Å². The van der Waals surface area contributed by atoms with E-state index in [9.17, 15) is 14.0 Å². The fraction of sp³-hybridized carbons (Fsp3) is 0.200. The number of amides is 1. The zero-order valence-corrected chi connectivity index (χ0v) is 15.5. The lowest BCUT2D eigenvalue weighted by molar-refractivity contribution is -0.143. The van der Waals surface area contributed by atoms with Crippen molar-refractivity contribution < 1.29 is 23.5 Å². The zero-order valence-electron chi connectivity index (χ0n) is 14.7. The molecule has 0 aliphatic rings. The number of methoxy groups -OCH3 is 1. The summed E-state index contributed by atoms with van der Waals surface area (Å²) < 4.78 is 23.0. The van der Waals surface area contributed by atoms with Crippen LogP contribution in [0.2, 0.25) is 5.02 Å². The number of nitrogens with one attached hydrogen (secondary N) is 1. The Labute approximate surface area is 161 Å². The monoisotopic (exact) mass is 391 g/mol. The predicted octanol–water partition coefficient (Wildman–Crippen LogP) is 3.40. The number of carbonyl (C=O) groups excluding carboxylic acids is 2. The third-order valence-electron chi connectivity index (χ3n) is 3.60. The third-order valence-corrected chi connectivity index (χ3v) is 3.89. The fourth-order valence-corrected chi connectivity index (χ4v) is 2.34. The van der Waals surface area contributed by atoms with E-state index >= 15 is 0 Å². The number of ether oxygens (including phenoxy) is 2. The Balaban J connectivity index is 1.68. The summed E-state index contributed by atoms with van der Waals surface area (Å²) in [5.41, 5.74) is 1.59. The van der Waals surface area contributed by atoms with Gasteiger partial charge in [0, 0.05) is 12.6 Å². The number of esters is 1. The summed E-state index contributed by atoms with van der Waals surface area (Å²) in [5.74, 6) is -0.843. The van der Waals surface area contributed by atoms with Crippen LogP contribution < -0.4 is 10.1 Å². The van der Waals surface area contributed by atoms with E-state index in [-0.39, 0.29) is 11.6 Å². The molecule has 0 saturated carbocycles. The molecule has 2 aromatic rings. The van der Waals surface area contributed by atoms with E-state index in [1.54, 1.807) is 7.11 Å². The van der Waals surface area contributed by atoms with E-state index in [2.05, 4.69) is 5.32 Å². The Morgan fingerprint density at radius 3 is 2.59 bits per heavy atom. The average Bonchev–Trinajstić information content (AvgIpc) is 2.68. The van der Waals surface area contributed by atoms with E-state index in [0.29, 0.717) is 18.5 Å². The van der Waals surface area contributed by atoms with Crippen LogP contribution in [0.15, 0.2) is 48.5 Å². The first kappa shape index (κ1) is 20.5. The number of rotatable bonds is 8. The van der Waals surface area contributed by atoms with Crippen molar-refractivity contribution >= 4 is 29.6 Å². The van der Waals surface area contributed by atoms with Crippen molar-refractivity contribution in [1.82, 2.24) is 5.32 Å². The fourth-order valence-electron chi connectivity index (χ4n) is 2.15. The maximum Gasteiger partial charge on any atom is 0.331 e. The zero-order chi connectivity index (χ0) is 19.6. The Morgan fingerprint density at radius 2 is 1.93 bits per heavy atom. The molecule has 0 saturated heterocycles. The second kappa shape index (κ2) is 10.3. The number of hydrogen-bond donors (Lipinski definition) is 1. The molecular weight excluding hydrogens is 373 g/mol. The molecule has 7 heteroatoms. The van der Waals surface area contributed by atoms with Crippen LogP contribution in [0.25, 0.3) is 6.08 Å². The molecule has 1 amide bonds. The minimum atomic E-state index is -0.680. The largest absolute Gasteiger partial charge is 0.497 e. The Hall–Kier alpha value is -2.86. The van der Waals surface area contributed by atoms with E-state index in [4.69, 9.17) is 21.1 Å². The van der Waals surface area contributed by atoms with Crippen molar-refractivity contribution in [2.24, 2.45) is 0 Å². The normalized spacial score (nSPS) is 10.6. The molecule has 0 atom stereocenters. The second-order valence-electron chi connectivity index (χ2n) is 5.56. The average molecular weight is 392 g/mol. The van der Waals surface area contributed by atoms with Crippen LogP contribution in [0.3, 0.4) is 0 Å². The van der Waals surface area contributed by atoms with Crippen molar-refractivity contribution in [3.8, 4) is 5.75 Å². The minimum absolute atomic E-state index is 0.0400. The van der Waals surface area contributed by atoms with Gasteiger partial charge in [0.15, 0.2) is 6.61 Å². The first-order valence-electron chi connectivity index (χ1n) is 8.17. The van der Waals surface area contributed by atoms with Crippen LogP contribution in [0, 0.1) is 5.82 Å².